The number of para-hydroxylation sites is 2. The number of carbonyl (C=O) groups excluding carboxylic acids is 1. The van der Waals surface area contributed by atoms with Crippen molar-refractivity contribution < 1.29 is 14.3 Å². The predicted octanol–water partition coefficient (Wildman–Crippen LogP) is 4.92. The summed E-state index contributed by atoms with van der Waals surface area (Å²) in [6.07, 6.45) is 2.34. The van der Waals surface area contributed by atoms with Crippen molar-refractivity contribution in [1.82, 2.24) is 5.43 Å². The van der Waals surface area contributed by atoms with E-state index < -0.39 is 0 Å². The molecule has 0 atom stereocenters. The summed E-state index contributed by atoms with van der Waals surface area (Å²) in [7, 11) is 0. The minimum absolute atomic E-state index is 0.256. The molecule has 1 N–H and O–H groups in total. The SMILES string of the molecule is Cc1cccc(C)c1OCCCOc1ccccc1C=NNC(=O)c1ccccc1. The fraction of sp³-hybridized carbons (Fsp3) is 0.200. The molecular formula is C25H26N2O3. The highest BCUT2D eigenvalue weighted by Crippen LogP contribution is 2.22. The molecule has 0 saturated heterocycles. The Labute approximate surface area is 177 Å². The Morgan fingerprint density at radius 3 is 2.30 bits per heavy atom. The summed E-state index contributed by atoms with van der Waals surface area (Å²) >= 11 is 0. The van der Waals surface area contributed by atoms with Crippen LogP contribution >= 0.6 is 0 Å². The van der Waals surface area contributed by atoms with Crippen LogP contribution in [0.5, 0.6) is 11.5 Å². The predicted molar refractivity (Wildman–Crippen MR) is 119 cm³/mol. The lowest BCUT2D eigenvalue weighted by Crippen LogP contribution is -2.17. The molecule has 0 aliphatic rings. The van der Waals surface area contributed by atoms with Crippen LogP contribution in [0.15, 0.2) is 77.9 Å². The molecule has 0 saturated carbocycles. The van der Waals surface area contributed by atoms with Crippen molar-refractivity contribution in [3.63, 3.8) is 0 Å². The quantitative estimate of drug-likeness (QED) is 0.314. The molecule has 30 heavy (non-hydrogen) atoms. The van der Waals surface area contributed by atoms with Gasteiger partial charge in [0.2, 0.25) is 0 Å². The standard InChI is InChI=1S/C25H26N2O3/c1-19-10-8-11-20(2)24(19)30-17-9-16-29-23-15-7-6-14-22(23)18-26-27-25(28)21-12-4-3-5-13-21/h3-8,10-15,18H,9,16-17H2,1-2H3,(H,27,28). The lowest BCUT2D eigenvalue weighted by atomic mass is 10.1. The summed E-state index contributed by atoms with van der Waals surface area (Å²) in [5.41, 5.74) is 6.15. The molecule has 3 aromatic rings. The number of benzene rings is 3. The van der Waals surface area contributed by atoms with E-state index in [9.17, 15) is 4.79 Å². The lowest BCUT2D eigenvalue weighted by Gasteiger charge is -2.13. The summed E-state index contributed by atoms with van der Waals surface area (Å²) in [6, 6.07) is 22.7. The van der Waals surface area contributed by atoms with Crippen LogP contribution in [0.3, 0.4) is 0 Å². The van der Waals surface area contributed by atoms with Crippen molar-refractivity contribution in [3.05, 3.63) is 95.1 Å². The second-order valence-corrected chi connectivity index (χ2v) is 6.87. The van der Waals surface area contributed by atoms with Crippen LogP contribution in [0.2, 0.25) is 0 Å². The van der Waals surface area contributed by atoms with E-state index in [2.05, 4.69) is 10.5 Å². The van der Waals surface area contributed by atoms with Gasteiger partial charge in [0.05, 0.1) is 19.4 Å². The van der Waals surface area contributed by atoms with Gasteiger partial charge in [-0.05, 0) is 49.2 Å². The minimum atomic E-state index is -0.256. The second kappa shape index (κ2) is 10.8. The second-order valence-electron chi connectivity index (χ2n) is 6.87. The van der Waals surface area contributed by atoms with E-state index in [0.29, 0.717) is 24.5 Å². The average Bonchev–Trinajstić information content (AvgIpc) is 2.77. The molecule has 5 heteroatoms. The van der Waals surface area contributed by atoms with Crippen molar-refractivity contribution in [2.75, 3.05) is 13.2 Å². The van der Waals surface area contributed by atoms with Gasteiger partial charge in [-0.1, -0.05) is 48.5 Å². The maximum absolute atomic E-state index is 12.1. The first kappa shape index (κ1) is 21.1. The average molecular weight is 402 g/mol. The smallest absolute Gasteiger partial charge is 0.271 e. The number of hydrogen-bond donors (Lipinski definition) is 1. The third kappa shape index (κ3) is 5.95. The van der Waals surface area contributed by atoms with Gasteiger partial charge < -0.3 is 9.47 Å². The molecule has 1 amide bonds. The zero-order valence-corrected chi connectivity index (χ0v) is 17.3. The van der Waals surface area contributed by atoms with Crippen molar-refractivity contribution in [2.24, 2.45) is 5.10 Å². The third-order valence-electron chi connectivity index (χ3n) is 4.53. The first-order valence-corrected chi connectivity index (χ1v) is 9.94. The molecule has 0 radical (unpaired) electrons. The van der Waals surface area contributed by atoms with Gasteiger partial charge in [-0.3, -0.25) is 4.79 Å². The Morgan fingerprint density at radius 2 is 1.53 bits per heavy atom. The fourth-order valence-electron chi connectivity index (χ4n) is 2.98. The highest BCUT2D eigenvalue weighted by Gasteiger charge is 2.05. The van der Waals surface area contributed by atoms with E-state index in [-0.39, 0.29) is 5.91 Å². The normalized spacial score (nSPS) is 10.7. The van der Waals surface area contributed by atoms with Gasteiger partial charge in [-0.25, -0.2) is 5.43 Å². The molecule has 0 aromatic heterocycles. The number of amides is 1. The maximum atomic E-state index is 12.1. The van der Waals surface area contributed by atoms with Crippen LogP contribution in [0.1, 0.15) is 33.5 Å². The first-order valence-electron chi connectivity index (χ1n) is 9.94. The zero-order valence-electron chi connectivity index (χ0n) is 17.3. The first-order chi connectivity index (χ1) is 14.6. The Kier molecular flexibility index (Phi) is 7.61. The van der Waals surface area contributed by atoms with Gasteiger partial charge in [0.25, 0.3) is 5.91 Å². The van der Waals surface area contributed by atoms with Gasteiger partial charge in [0, 0.05) is 17.5 Å². The number of rotatable bonds is 9. The number of ether oxygens (including phenoxy) is 2. The van der Waals surface area contributed by atoms with Crippen LogP contribution in [-0.2, 0) is 0 Å². The van der Waals surface area contributed by atoms with E-state index in [1.807, 2.05) is 74.5 Å². The molecule has 0 aliphatic heterocycles. The maximum Gasteiger partial charge on any atom is 0.271 e. The summed E-state index contributed by atoms with van der Waals surface area (Å²) in [5, 5.41) is 4.05. The molecule has 0 aliphatic carbocycles. The number of carbonyl (C=O) groups is 1. The van der Waals surface area contributed by atoms with Crippen molar-refractivity contribution in [1.29, 1.82) is 0 Å². The van der Waals surface area contributed by atoms with Crippen LogP contribution < -0.4 is 14.9 Å². The van der Waals surface area contributed by atoms with Crippen molar-refractivity contribution >= 4 is 12.1 Å². The highest BCUT2D eigenvalue weighted by atomic mass is 16.5. The summed E-state index contributed by atoms with van der Waals surface area (Å²) < 4.78 is 11.8. The van der Waals surface area contributed by atoms with Crippen LogP contribution in [0, 0.1) is 13.8 Å². The van der Waals surface area contributed by atoms with Crippen LogP contribution in [0.4, 0.5) is 0 Å². The molecular weight excluding hydrogens is 376 g/mol. The summed E-state index contributed by atoms with van der Waals surface area (Å²) in [6.45, 7) is 5.19. The highest BCUT2D eigenvalue weighted by molar-refractivity contribution is 5.95. The molecule has 154 valence electrons. The topological polar surface area (TPSA) is 59.9 Å². The molecule has 0 fully saturated rings. The Bertz CT molecular complexity index is 980. The molecule has 0 bridgehead atoms. The lowest BCUT2D eigenvalue weighted by molar-refractivity contribution is 0.0955. The third-order valence-corrected chi connectivity index (χ3v) is 4.53. The van der Waals surface area contributed by atoms with E-state index in [1.165, 1.54) is 0 Å². The molecule has 3 aromatic carbocycles. The number of nitrogens with one attached hydrogen (secondary N) is 1. The van der Waals surface area contributed by atoms with Gasteiger partial charge >= 0.3 is 0 Å². The monoisotopic (exact) mass is 402 g/mol. The Hall–Kier alpha value is -3.60. The minimum Gasteiger partial charge on any atom is -0.493 e. The molecule has 0 unspecified atom stereocenters. The summed E-state index contributed by atoms with van der Waals surface area (Å²) in [4.78, 5) is 12.1. The Morgan fingerprint density at radius 1 is 0.867 bits per heavy atom. The van der Waals surface area contributed by atoms with E-state index >= 15 is 0 Å². The van der Waals surface area contributed by atoms with Crippen LogP contribution in [0.25, 0.3) is 0 Å². The zero-order chi connectivity index (χ0) is 21.2. The van der Waals surface area contributed by atoms with Crippen molar-refractivity contribution in [3.8, 4) is 11.5 Å². The number of hydrazone groups is 1. The van der Waals surface area contributed by atoms with E-state index in [0.717, 1.165) is 28.9 Å². The van der Waals surface area contributed by atoms with Gasteiger partial charge in [0.15, 0.2) is 0 Å². The number of hydrogen-bond acceptors (Lipinski definition) is 4. The van der Waals surface area contributed by atoms with Gasteiger partial charge in [-0.2, -0.15) is 5.10 Å². The molecule has 5 nitrogen and oxygen atoms in total. The van der Waals surface area contributed by atoms with Crippen molar-refractivity contribution in [2.45, 2.75) is 20.3 Å². The van der Waals surface area contributed by atoms with Gasteiger partial charge in [-0.15, -0.1) is 0 Å². The Balaban J connectivity index is 1.48. The number of nitrogens with zero attached hydrogens (tertiary/aromatic N) is 1. The van der Waals surface area contributed by atoms with E-state index in [4.69, 9.17) is 9.47 Å². The summed E-state index contributed by atoms with van der Waals surface area (Å²) in [5.74, 6) is 1.40. The number of aryl methyl sites for hydroxylation is 2. The molecule has 3 rings (SSSR count). The van der Waals surface area contributed by atoms with Crippen LogP contribution in [-0.4, -0.2) is 25.3 Å². The largest absolute Gasteiger partial charge is 0.493 e. The fourth-order valence-corrected chi connectivity index (χ4v) is 2.98. The molecule has 0 spiro atoms. The van der Waals surface area contributed by atoms with E-state index in [1.54, 1.807) is 18.3 Å². The van der Waals surface area contributed by atoms with Gasteiger partial charge in [0.1, 0.15) is 11.5 Å². The molecule has 0 heterocycles.